The Hall–Kier alpha value is -0.580. The molecule has 0 spiro atoms. The molecule has 3 nitrogen and oxygen atoms in total. The predicted octanol–water partition coefficient (Wildman–Crippen LogP) is 4.03. The molecule has 0 aliphatic carbocycles. The lowest BCUT2D eigenvalue weighted by Crippen LogP contribution is -2.23. The molecule has 19 heavy (non-hydrogen) atoms. The molecule has 104 valence electrons. The summed E-state index contributed by atoms with van der Waals surface area (Å²) < 4.78 is 21.6. The second-order valence-electron chi connectivity index (χ2n) is 5.26. The van der Waals surface area contributed by atoms with Gasteiger partial charge in [-0.25, -0.2) is 4.21 Å². The van der Waals surface area contributed by atoms with Crippen LogP contribution in [0.1, 0.15) is 32.8 Å². The van der Waals surface area contributed by atoms with Gasteiger partial charge in [0.05, 0.1) is 22.1 Å². The molecule has 1 atom stereocenters. The largest absolute Gasteiger partial charge is 0.491 e. The number of nitrogens with zero attached hydrogens (tertiary/aromatic N) is 1. The van der Waals surface area contributed by atoms with Gasteiger partial charge in [0, 0.05) is 17.0 Å². The Labute approximate surface area is 125 Å². The van der Waals surface area contributed by atoms with Crippen LogP contribution in [0, 0.1) is 0 Å². The number of rotatable bonds is 1. The van der Waals surface area contributed by atoms with Crippen LogP contribution in [0.15, 0.2) is 16.5 Å². The third-order valence-corrected chi connectivity index (χ3v) is 4.55. The van der Waals surface area contributed by atoms with E-state index < -0.39 is 15.7 Å². The Morgan fingerprint density at radius 3 is 2.63 bits per heavy atom. The zero-order chi connectivity index (χ0) is 14.2. The van der Waals surface area contributed by atoms with E-state index in [0.29, 0.717) is 28.8 Å². The zero-order valence-electron chi connectivity index (χ0n) is 11.0. The highest BCUT2D eigenvalue weighted by Crippen LogP contribution is 2.36. The van der Waals surface area contributed by atoms with Crippen LogP contribution in [-0.2, 0) is 11.0 Å². The average molecular weight is 320 g/mol. The molecule has 0 radical (unpaired) electrons. The fourth-order valence-electron chi connectivity index (χ4n) is 1.64. The topological polar surface area (TPSA) is 38.7 Å². The summed E-state index contributed by atoms with van der Waals surface area (Å²) in [5.41, 5.74) is 1.47. The van der Waals surface area contributed by atoms with Gasteiger partial charge < -0.3 is 4.74 Å². The number of halogens is 2. The molecule has 0 saturated heterocycles. The smallest absolute Gasteiger partial charge is 0.147 e. The highest BCUT2D eigenvalue weighted by molar-refractivity contribution is 7.85. The van der Waals surface area contributed by atoms with E-state index in [9.17, 15) is 4.21 Å². The van der Waals surface area contributed by atoms with Crippen molar-refractivity contribution < 1.29 is 8.95 Å². The van der Waals surface area contributed by atoms with Crippen LogP contribution in [0.2, 0.25) is 10.0 Å². The van der Waals surface area contributed by atoms with Gasteiger partial charge in [-0.3, -0.25) is 0 Å². The number of ether oxygens (including phenoxy) is 1. The van der Waals surface area contributed by atoms with E-state index in [0.717, 1.165) is 11.3 Å². The predicted molar refractivity (Wildman–Crippen MR) is 81.0 cm³/mol. The Balaban J connectivity index is 2.48. The summed E-state index contributed by atoms with van der Waals surface area (Å²) in [5.74, 6) is 0.571. The summed E-state index contributed by atoms with van der Waals surface area (Å²) in [5, 5.41) is 0.972. The van der Waals surface area contributed by atoms with Gasteiger partial charge in [0.1, 0.15) is 16.7 Å². The normalized spacial score (nSPS) is 18.9. The maximum atomic E-state index is 12.1. The summed E-state index contributed by atoms with van der Waals surface area (Å²) in [6.45, 7) is 6.14. The highest BCUT2D eigenvalue weighted by atomic mass is 35.5. The fraction of sp³-hybridized carbons (Fsp3) is 0.462. The van der Waals surface area contributed by atoms with Gasteiger partial charge in [0.2, 0.25) is 0 Å². The lowest BCUT2D eigenvalue weighted by molar-refractivity contribution is 0.321. The minimum Gasteiger partial charge on any atom is -0.491 e. The average Bonchev–Trinajstić information content (AvgIpc) is 2.28. The van der Waals surface area contributed by atoms with Crippen LogP contribution in [0.25, 0.3) is 0 Å². The van der Waals surface area contributed by atoms with Crippen LogP contribution in [-0.4, -0.2) is 21.3 Å². The summed E-state index contributed by atoms with van der Waals surface area (Å²) in [6.07, 6.45) is 0.603. The van der Waals surface area contributed by atoms with Crippen LogP contribution >= 0.6 is 23.2 Å². The summed E-state index contributed by atoms with van der Waals surface area (Å²) in [7, 11) is -1.31. The Kier molecular flexibility index (Phi) is 4.23. The lowest BCUT2D eigenvalue weighted by atomic mass is 10.0. The van der Waals surface area contributed by atoms with Crippen molar-refractivity contribution in [3.63, 3.8) is 0 Å². The van der Waals surface area contributed by atoms with Gasteiger partial charge in [-0.05, 0) is 32.9 Å². The van der Waals surface area contributed by atoms with Crippen LogP contribution < -0.4 is 4.74 Å². The number of hydrogen-bond acceptors (Lipinski definition) is 2. The van der Waals surface area contributed by atoms with Crippen molar-refractivity contribution in [1.82, 2.24) is 0 Å². The minimum absolute atomic E-state index is 0.395. The fourth-order valence-corrected chi connectivity index (χ4v) is 2.85. The lowest BCUT2D eigenvalue weighted by Gasteiger charge is -2.22. The van der Waals surface area contributed by atoms with E-state index in [-0.39, 0.29) is 0 Å². The molecule has 0 bridgehead atoms. The summed E-state index contributed by atoms with van der Waals surface area (Å²) in [6, 6.07) is 3.38. The molecule has 1 aliphatic rings. The van der Waals surface area contributed by atoms with Gasteiger partial charge in [-0.15, -0.1) is 0 Å². The molecule has 0 aromatic heterocycles. The SMILES string of the molecule is CC(C)(C)[S@@](=O)N=C1CCOc2c(Cl)cc(Cl)cc21. The van der Waals surface area contributed by atoms with Crippen LogP contribution in [0.4, 0.5) is 0 Å². The molecule has 6 heteroatoms. The Morgan fingerprint density at radius 1 is 1.32 bits per heavy atom. The second-order valence-corrected chi connectivity index (χ2v) is 8.01. The zero-order valence-corrected chi connectivity index (χ0v) is 13.3. The van der Waals surface area contributed by atoms with Crippen molar-refractivity contribution >= 4 is 39.9 Å². The Bertz CT molecular complexity index is 564. The first kappa shape index (κ1) is 14.8. The van der Waals surface area contributed by atoms with Gasteiger partial charge >= 0.3 is 0 Å². The van der Waals surface area contributed by atoms with E-state index in [4.69, 9.17) is 27.9 Å². The molecule has 0 N–H and O–H groups in total. The molecule has 0 amide bonds. The second kappa shape index (κ2) is 5.43. The van der Waals surface area contributed by atoms with Gasteiger partial charge in [0.25, 0.3) is 0 Å². The third-order valence-electron chi connectivity index (χ3n) is 2.62. The van der Waals surface area contributed by atoms with E-state index in [1.807, 2.05) is 20.8 Å². The van der Waals surface area contributed by atoms with E-state index in [1.165, 1.54) is 0 Å². The van der Waals surface area contributed by atoms with E-state index in [1.54, 1.807) is 12.1 Å². The summed E-state index contributed by atoms with van der Waals surface area (Å²) in [4.78, 5) is 0. The van der Waals surface area contributed by atoms with Crippen LogP contribution in [0.3, 0.4) is 0 Å². The standard InChI is InChI=1S/C13H15Cl2NO2S/c1-13(2,3)19(17)16-11-4-5-18-12-9(11)6-8(14)7-10(12)15/h6-7H,4-5H2,1-3H3/t19-/m1/s1. The van der Waals surface area contributed by atoms with Crippen molar-refractivity contribution in [3.8, 4) is 5.75 Å². The maximum absolute atomic E-state index is 12.1. The molecular formula is C13H15Cl2NO2S. The van der Waals surface area contributed by atoms with E-state index in [2.05, 4.69) is 4.40 Å². The minimum atomic E-state index is -1.31. The molecule has 1 aromatic rings. The van der Waals surface area contributed by atoms with Gasteiger partial charge in [-0.1, -0.05) is 23.2 Å². The molecule has 1 aliphatic heterocycles. The molecule has 0 unspecified atom stereocenters. The van der Waals surface area contributed by atoms with Crippen LogP contribution in [0.5, 0.6) is 5.75 Å². The number of fused-ring (bicyclic) bond motifs is 1. The Morgan fingerprint density at radius 2 is 2.00 bits per heavy atom. The molecule has 0 fully saturated rings. The van der Waals surface area contributed by atoms with E-state index >= 15 is 0 Å². The van der Waals surface area contributed by atoms with Crippen molar-refractivity contribution in [3.05, 3.63) is 27.7 Å². The van der Waals surface area contributed by atoms with Crippen molar-refractivity contribution in [2.24, 2.45) is 4.40 Å². The highest BCUT2D eigenvalue weighted by Gasteiger charge is 2.24. The van der Waals surface area contributed by atoms with Gasteiger partial charge in [0.15, 0.2) is 0 Å². The van der Waals surface area contributed by atoms with Crippen molar-refractivity contribution in [1.29, 1.82) is 0 Å². The first-order valence-corrected chi connectivity index (χ1v) is 7.77. The number of benzene rings is 1. The monoisotopic (exact) mass is 319 g/mol. The molecule has 0 saturated carbocycles. The quantitative estimate of drug-likeness (QED) is 0.784. The molecule has 2 rings (SSSR count). The molecular weight excluding hydrogens is 305 g/mol. The third kappa shape index (κ3) is 3.30. The maximum Gasteiger partial charge on any atom is 0.147 e. The number of hydrogen-bond donors (Lipinski definition) is 0. The molecule has 1 heterocycles. The first-order chi connectivity index (χ1) is 8.79. The van der Waals surface area contributed by atoms with Crippen molar-refractivity contribution in [2.45, 2.75) is 31.9 Å². The van der Waals surface area contributed by atoms with Gasteiger partial charge in [-0.2, -0.15) is 4.40 Å². The van der Waals surface area contributed by atoms with Crippen molar-refractivity contribution in [2.75, 3.05) is 6.61 Å². The first-order valence-electron chi connectivity index (χ1n) is 5.91. The summed E-state index contributed by atoms with van der Waals surface area (Å²) >= 11 is 12.1. The molecule has 1 aromatic carbocycles.